The Morgan fingerprint density at radius 1 is 1.25 bits per heavy atom. The van der Waals surface area contributed by atoms with Crippen LogP contribution < -0.4 is 10.1 Å². The van der Waals surface area contributed by atoms with Crippen molar-refractivity contribution in [3.63, 3.8) is 0 Å². The number of benzene rings is 2. The second-order valence-corrected chi connectivity index (χ2v) is 4.49. The van der Waals surface area contributed by atoms with Crippen molar-refractivity contribution in [3.05, 3.63) is 59.2 Å². The second-order valence-electron chi connectivity index (χ2n) is 4.49. The van der Waals surface area contributed by atoms with Gasteiger partial charge in [0.05, 0.1) is 12.7 Å². The molecule has 4 nitrogen and oxygen atoms in total. The second kappa shape index (κ2) is 6.10. The van der Waals surface area contributed by atoms with E-state index in [4.69, 9.17) is 9.84 Å². The standard InChI is InChI=1S/C16H17NO3/c1-11-14(16(18)19)7-4-8-15(11)17-10-12-5-3-6-13(9-12)20-2/h3-9,17H,10H2,1-2H3,(H,18,19). The van der Waals surface area contributed by atoms with Gasteiger partial charge in [0, 0.05) is 12.2 Å². The normalized spacial score (nSPS) is 10.1. The number of hydrogen-bond donors (Lipinski definition) is 2. The fourth-order valence-corrected chi connectivity index (χ4v) is 2.04. The smallest absolute Gasteiger partial charge is 0.336 e. The van der Waals surface area contributed by atoms with Gasteiger partial charge in [-0.15, -0.1) is 0 Å². The number of aromatic carboxylic acids is 1. The highest BCUT2D eigenvalue weighted by atomic mass is 16.5. The van der Waals surface area contributed by atoms with Gasteiger partial charge in [-0.1, -0.05) is 18.2 Å². The van der Waals surface area contributed by atoms with E-state index in [0.717, 1.165) is 22.6 Å². The molecule has 0 saturated carbocycles. The third kappa shape index (κ3) is 3.09. The van der Waals surface area contributed by atoms with E-state index < -0.39 is 5.97 Å². The van der Waals surface area contributed by atoms with Crippen molar-refractivity contribution in [1.82, 2.24) is 0 Å². The van der Waals surface area contributed by atoms with Crippen LogP contribution in [0.4, 0.5) is 5.69 Å². The van der Waals surface area contributed by atoms with Crippen LogP contribution >= 0.6 is 0 Å². The number of nitrogens with one attached hydrogen (secondary N) is 1. The Kier molecular flexibility index (Phi) is 4.25. The monoisotopic (exact) mass is 271 g/mol. The number of ether oxygens (including phenoxy) is 1. The molecule has 0 aliphatic heterocycles. The van der Waals surface area contributed by atoms with Gasteiger partial charge in [-0.3, -0.25) is 0 Å². The summed E-state index contributed by atoms with van der Waals surface area (Å²) in [6.07, 6.45) is 0. The van der Waals surface area contributed by atoms with Crippen LogP contribution in [-0.4, -0.2) is 18.2 Å². The lowest BCUT2D eigenvalue weighted by Crippen LogP contribution is -2.05. The van der Waals surface area contributed by atoms with Gasteiger partial charge < -0.3 is 15.2 Å². The van der Waals surface area contributed by atoms with Gasteiger partial charge in [0.25, 0.3) is 0 Å². The summed E-state index contributed by atoms with van der Waals surface area (Å²) < 4.78 is 5.18. The van der Waals surface area contributed by atoms with Crippen LogP contribution in [-0.2, 0) is 6.54 Å². The number of hydrogen-bond acceptors (Lipinski definition) is 3. The molecule has 4 heteroatoms. The molecular weight excluding hydrogens is 254 g/mol. The average molecular weight is 271 g/mol. The van der Waals surface area contributed by atoms with Crippen LogP contribution in [0, 0.1) is 6.92 Å². The first-order valence-corrected chi connectivity index (χ1v) is 6.31. The predicted molar refractivity (Wildman–Crippen MR) is 78.5 cm³/mol. The quantitative estimate of drug-likeness (QED) is 0.876. The highest BCUT2D eigenvalue weighted by molar-refractivity contribution is 5.91. The Balaban J connectivity index is 2.14. The number of anilines is 1. The first kappa shape index (κ1) is 13.9. The molecule has 104 valence electrons. The van der Waals surface area contributed by atoms with E-state index in [1.54, 1.807) is 26.2 Å². The predicted octanol–water partition coefficient (Wildman–Crippen LogP) is 3.31. The van der Waals surface area contributed by atoms with Crippen LogP contribution in [0.25, 0.3) is 0 Å². The van der Waals surface area contributed by atoms with Crippen molar-refractivity contribution in [2.45, 2.75) is 13.5 Å². The number of rotatable bonds is 5. The summed E-state index contributed by atoms with van der Waals surface area (Å²) >= 11 is 0. The lowest BCUT2D eigenvalue weighted by atomic mass is 10.1. The molecule has 2 rings (SSSR count). The molecule has 0 spiro atoms. The highest BCUT2D eigenvalue weighted by Gasteiger charge is 2.09. The van der Waals surface area contributed by atoms with E-state index in [0.29, 0.717) is 12.1 Å². The Morgan fingerprint density at radius 2 is 2.00 bits per heavy atom. The zero-order valence-corrected chi connectivity index (χ0v) is 11.5. The number of carboxylic acids is 1. The summed E-state index contributed by atoms with van der Waals surface area (Å²) in [4.78, 5) is 11.1. The lowest BCUT2D eigenvalue weighted by molar-refractivity contribution is 0.0696. The molecule has 0 saturated heterocycles. The molecule has 0 aliphatic rings. The molecule has 0 aromatic heterocycles. The molecule has 0 radical (unpaired) electrons. The Labute approximate surface area is 118 Å². The van der Waals surface area contributed by atoms with Crippen molar-refractivity contribution in [2.75, 3.05) is 12.4 Å². The molecular formula is C16H17NO3. The summed E-state index contributed by atoms with van der Waals surface area (Å²) in [6, 6.07) is 13.0. The molecule has 2 N–H and O–H groups in total. The zero-order chi connectivity index (χ0) is 14.5. The molecule has 0 bridgehead atoms. The Bertz CT molecular complexity index is 623. The van der Waals surface area contributed by atoms with Crippen LogP contribution in [0.3, 0.4) is 0 Å². The number of methoxy groups -OCH3 is 1. The van der Waals surface area contributed by atoms with Gasteiger partial charge in [0.15, 0.2) is 0 Å². The molecule has 0 atom stereocenters. The first-order valence-electron chi connectivity index (χ1n) is 6.31. The van der Waals surface area contributed by atoms with Gasteiger partial charge in [0.2, 0.25) is 0 Å². The molecule has 0 amide bonds. The molecule has 0 aliphatic carbocycles. The van der Waals surface area contributed by atoms with Crippen molar-refractivity contribution in [3.8, 4) is 5.75 Å². The maximum absolute atomic E-state index is 11.1. The van der Waals surface area contributed by atoms with Crippen molar-refractivity contribution < 1.29 is 14.6 Å². The van der Waals surface area contributed by atoms with Crippen molar-refractivity contribution in [1.29, 1.82) is 0 Å². The minimum Gasteiger partial charge on any atom is -0.497 e. The van der Waals surface area contributed by atoms with Gasteiger partial charge in [-0.05, 0) is 42.3 Å². The molecule has 20 heavy (non-hydrogen) atoms. The topological polar surface area (TPSA) is 58.6 Å². The highest BCUT2D eigenvalue weighted by Crippen LogP contribution is 2.20. The zero-order valence-electron chi connectivity index (χ0n) is 11.5. The van der Waals surface area contributed by atoms with Crippen molar-refractivity contribution in [2.24, 2.45) is 0 Å². The van der Waals surface area contributed by atoms with Gasteiger partial charge in [0.1, 0.15) is 5.75 Å². The summed E-state index contributed by atoms with van der Waals surface area (Å²) in [5.41, 5.74) is 2.96. The third-order valence-corrected chi connectivity index (χ3v) is 3.18. The maximum atomic E-state index is 11.1. The number of carbonyl (C=O) groups is 1. The number of carboxylic acid groups (broad SMARTS) is 1. The lowest BCUT2D eigenvalue weighted by Gasteiger charge is -2.12. The van der Waals surface area contributed by atoms with Crippen LogP contribution in [0.5, 0.6) is 5.75 Å². The largest absolute Gasteiger partial charge is 0.497 e. The molecule has 2 aromatic rings. The van der Waals surface area contributed by atoms with E-state index >= 15 is 0 Å². The van der Waals surface area contributed by atoms with E-state index in [1.165, 1.54) is 0 Å². The summed E-state index contributed by atoms with van der Waals surface area (Å²) in [5, 5.41) is 12.4. The van der Waals surface area contributed by atoms with E-state index in [2.05, 4.69) is 5.32 Å². The molecule has 0 fully saturated rings. The molecule has 0 heterocycles. The minimum atomic E-state index is -0.910. The third-order valence-electron chi connectivity index (χ3n) is 3.18. The van der Waals surface area contributed by atoms with Crippen LogP contribution in [0.15, 0.2) is 42.5 Å². The SMILES string of the molecule is COc1cccc(CNc2cccc(C(=O)O)c2C)c1. The Hall–Kier alpha value is -2.49. The fourth-order valence-electron chi connectivity index (χ4n) is 2.04. The first-order chi connectivity index (χ1) is 9.61. The summed E-state index contributed by atoms with van der Waals surface area (Å²) in [7, 11) is 1.63. The molecule has 2 aromatic carbocycles. The van der Waals surface area contributed by atoms with E-state index in [9.17, 15) is 4.79 Å². The van der Waals surface area contributed by atoms with Gasteiger partial charge >= 0.3 is 5.97 Å². The van der Waals surface area contributed by atoms with Crippen molar-refractivity contribution >= 4 is 11.7 Å². The van der Waals surface area contributed by atoms with Crippen LogP contribution in [0.2, 0.25) is 0 Å². The van der Waals surface area contributed by atoms with Gasteiger partial charge in [-0.25, -0.2) is 4.79 Å². The molecule has 0 unspecified atom stereocenters. The van der Waals surface area contributed by atoms with E-state index in [-0.39, 0.29) is 0 Å². The minimum absolute atomic E-state index is 0.320. The average Bonchev–Trinajstić information content (AvgIpc) is 2.46. The summed E-state index contributed by atoms with van der Waals surface area (Å²) in [5.74, 6) is -0.104. The fraction of sp³-hybridized carbons (Fsp3) is 0.188. The van der Waals surface area contributed by atoms with Crippen LogP contribution in [0.1, 0.15) is 21.5 Å². The van der Waals surface area contributed by atoms with Gasteiger partial charge in [-0.2, -0.15) is 0 Å². The van der Waals surface area contributed by atoms with E-state index in [1.807, 2.05) is 30.3 Å². The maximum Gasteiger partial charge on any atom is 0.336 e. The summed E-state index contributed by atoms with van der Waals surface area (Å²) in [6.45, 7) is 2.42. The Morgan fingerprint density at radius 3 is 2.70 bits per heavy atom.